The lowest BCUT2D eigenvalue weighted by atomic mass is 10.2. The number of fused-ring (bicyclic) bond motifs is 1. The third kappa shape index (κ3) is 3.84. The number of thiophene rings is 1. The molecule has 1 atom stereocenters. The molecule has 2 aromatic rings. The monoisotopic (exact) mass is 328 g/mol. The summed E-state index contributed by atoms with van der Waals surface area (Å²) in [5.41, 5.74) is -0.128. The number of carboxylic acids is 1. The molecule has 21 heavy (non-hydrogen) atoms. The molecule has 6 nitrogen and oxygen atoms in total. The SMILES string of the molecule is COCC(C)Cn1c(SCC(=O)O)nc2sccc2c1=O. The second kappa shape index (κ2) is 7.06. The van der Waals surface area contributed by atoms with Crippen LogP contribution in [0.1, 0.15) is 6.92 Å². The summed E-state index contributed by atoms with van der Waals surface area (Å²) >= 11 is 2.44. The summed E-state index contributed by atoms with van der Waals surface area (Å²) in [6, 6.07) is 1.75. The molecule has 2 heterocycles. The van der Waals surface area contributed by atoms with Crippen LogP contribution in [-0.4, -0.2) is 40.1 Å². The summed E-state index contributed by atoms with van der Waals surface area (Å²) in [7, 11) is 1.61. The van der Waals surface area contributed by atoms with Gasteiger partial charge in [0.2, 0.25) is 0 Å². The predicted octanol–water partition coefficient (Wildman–Crippen LogP) is 1.92. The molecule has 0 fully saturated rings. The summed E-state index contributed by atoms with van der Waals surface area (Å²) in [5, 5.41) is 11.7. The number of carboxylic acid groups (broad SMARTS) is 1. The van der Waals surface area contributed by atoms with E-state index in [1.54, 1.807) is 17.7 Å². The van der Waals surface area contributed by atoms with E-state index in [9.17, 15) is 9.59 Å². The first kappa shape index (κ1) is 16.0. The summed E-state index contributed by atoms with van der Waals surface area (Å²) in [4.78, 5) is 28.3. The Morgan fingerprint density at radius 2 is 2.38 bits per heavy atom. The van der Waals surface area contributed by atoms with Gasteiger partial charge in [-0.25, -0.2) is 4.98 Å². The van der Waals surface area contributed by atoms with Gasteiger partial charge in [-0.05, 0) is 17.4 Å². The van der Waals surface area contributed by atoms with Crippen molar-refractivity contribution in [3.63, 3.8) is 0 Å². The van der Waals surface area contributed by atoms with Gasteiger partial charge in [-0.15, -0.1) is 11.3 Å². The fourth-order valence-electron chi connectivity index (χ4n) is 1.98. The lowest BCUT2D eigenvalue weighted by Gasteiger charge is -2.15. The minimum absolute atomic E-state index is 0.123. The van der Waals surface area contributed by atoms with E-state index in [0.29, 0.717) is 28.5 Å². The number of carbonyl (C=O) groups is 1. The average molecular weight is 328 g/mol. The minimum Gasteiger partial charge on any atom is -0.481 e. The maximum Gasteiger partial charge on any atom is 0.313 e. The van der Waals surface area contributed by atoms with Crippen molar-refractivity contribution in [2.24, 2.45) is 5.92 Å². The first-order valence-electron chi connectivity index (χ1n) is 6.34. The summed E-state index contributed by atoms with van der Waals surface area (Å²) in [5.74, 6) is -0.922. The molecule has 0 saturated heterocycles. The number of rotatable bonds is 7. The molecule has 8 heteroatoms. The van der Waals surface area contributed by atoms with Crippen LogP contribution >= 0.6 is 23.1 Å². The van der Waals surface area contributed by atoms with Gasteiger partial charge in [0.25, 0.3) is 5.56 Å². The van der Waals surface area contributed by atoms with E-state index in [1.165, 1.54) is 11.3 Å². The summed E-state index contributed by atoms with van der Waals surface area (Å²) < 4.78 is 6.64. The van der Waals surface area contributed by atoms with Gasteiger partial charge in [-0.2, -0.15) is 0 Å². The molecule has 1 unspecified atom stereocenters. The Bertz CT molecular complexity index is 695. The molecule has 0 bridgehead atoms. The molecule has 114 valence electrons. The Labute approximate surface area is 129 Å². The molecule has 0 aliphatic rings. The number of nitrogens with zero attached hydrogens (tertiary/aromatic N) is 2. The molecule has 0 radical (unpaired) electrons. The fraction of sp³-hybridized carbons (Fsp3) is 0.462. The maximum atomic E-state index is 12.5. The highest BCUT2D eigenvalue weighted by Crippen LogP contribution is 2.21. The molecule has 0 aliphatic carbocycles. The third-order valence-electron chi connectivity index (χ3n) is 2.82. The van der Waals surface area contributed by atoms with Crippen LogP contribution in [0.2, 0.25) is 0 Å². The molecule has 2 rings (SSSR count). The molecule has 2 aromatic heterocycles. The third-order valence-corrected chi connectivity index (χ3v) is 4.59. The Hall–Kier alpha value is -1.38. The number of hydrogen-bond donors (Lipinski definition) is 1. The largest absolute Gasteiger partial charge is 0.481 e. The zero-order valence-corrected chi connectivity index (χ0v) is 13.4. The molecular weight excluding hydrogens is 312 g/mol. The topological polar surface area (TPSA) is 81.4 Å². The highest BCUT2D eigenvalue weighted by Gasteiger charge is 2.15. The van der Waals surface area contributed by atoms with Crippen molar-refractivity contribution in [3.8, 4) is 0 Å². The molecule has 1 N–H and O–H groups in total. The maximum absolute atomic E-state index is 12.5. The van der Waals surface area contributed by atoms with Gasteiger partial charge in [0.1, 0.15) is 4.83 Å². The molecule has 0 aliphatic heterocycles. The van der Waals surface area contributed by atoms with Gasteiger partial charge in [-0.1, -0.05) is 18.7 Å². The second-order valence-electron chi connectivity index (χ2n) is 4.69. The number of hydrogen-bond acceptors (Lipinski definition) is 6. The van der Waals surface area contributed by atoms with Crippen LogP contribution in [0.15, 0.2) is 21.4 Å². The Morgan fingerprint density at radius 1 is 1.62 bits per heavy atom. The summed E-state index contributed by atoms with van der Waals surface area (Å²) in [6.07, 6.45) is 0. The van der Waals surface area contributed by atoms with E-state index in [0.717, 1.165) is 11.8 Å². The number of ether oxygens (including phenoxy) is 1. The fourth-order valence-corrected chi connectivity index (χ4v) is 3.51. The van der Waals surface area contributed by atoms with E-state index in [4.69, 9.17) is 9.84 Å². The smallest absolute Gasteiger partial charge is 0.313 e. The average Bonchev–Trinajstić information content (AvgIpc) is 2.88. The van der Waals surface area contributed by atoms with Crippen LogP contribution in [0, 0.1) is 5.92 Å². The van der Waals surface area contributed by atoms with Crippen molar-refractivity contribution >= 4 is 39.3 Å². The molecule has 0 saturated carbocycles. The lowest BCUT2D eigenvalue weighted by molar-refractivity contribution is -0.133. The zero-order valence-electron chi connectivity index (χ0n) is 11.7. The number of aromatic nitrogens is 2. The van der Waals surface area contributed by atoms with Crippen LogP contribution in [0.25, 0.3) is 10.2 Å². The Balaban J connectivity index is 2.41. The van der Waals surface area contributed by atoms with Crippen molar-refractivity contribution < 1.29 is 14.6 Å². The van der Waals surface area contributed by atoms with Crippen LogP contribution in [0.3, 0.4) is 0 Å². The first-order valence-corrected chi connectivity index (χ1v) is 8.21. The van der Waals surface area contributed by atoms with E-state index < -0.39 is 5.97 Å². The van der Waals surface area contributed by atoms with Crippen molar-refractivity contribution in [2.75, 3.05) is 19.5 Å². The van der Waals surface area contributed by atoms with Gasteiger partial charge in [0.05, 0.1) is 17.7 Å². The van der Waals surface area contributed by atoms with E-state index >= 15 is 0 Å². The van der Waals surface area contributed by atoms with Gasteiger partial charge < -0.3 is 9.84 Å². The van der Waals surface area contributed by atoms with Gasteiger partial charge in [0.15, 0.2) is 5.16 Å². The van der Waals surface area contributed by atoms with Crippen LogP contribution in [0.4, 0.5) is 0 Å². The van der Waals surface area contributed by atoms with Crippen molar-refractivity contribution in [3.05, 3.63) is 21.8 Å². The van der Waals surface area contributed by atoms with E-state index in [1.807, 2.05) is 12.3 Å². The van der Waals surface area contributed by atoms with E-state index in [-0.39, 0.29) is 17.2 Å². The van der Waals surface area contributed by atoms with Crippen LogP contribution in [0.5, 0.6) is 0 Å². The number of aliphatic carboxylic acids is 1. The zero-order chi connectivity index (χ0) is 15.4. The van der Waals surface area contributed by atoms with Crippen LogP contribution in [-0.2, 0) is 16.1 Å². The quantitative estimate of drug-likeness (QED) is 0.618. The van der Waals surface area contributed by atoms with Gasteiger partial charge in [0, 0.05) is 13.7 Å². The second-order valence-corrected chi connectivity index (χ2v) is 6.53. The first-order chi connectivity index (χ1) is 10.0. The molecular formula is C13H16N2O4S2. The lowest BCUT2D eigenvalue weighted by Crippen LogP contribution is -2.27. The van der Waals surface area contributed by atoms with Gasteiger partial charge in [-0.3, -0.25) is 14.2 Å². The summed E-state index contributed by atoms with van der Waals surface area (Å²) in [6.45, 7) is 2.95. The normalized spacial score (nSPS) is 12.7. The van der Waals surface area contributed by atoms with E-state index in [2.05, 4.69) is 4.98 Å². The highest BCUT2D eigenvalue weighted by molar-refractivity contribution is 7.99. The Morgan fingerprint density at radius 3 is 3.05 bits per heavy atom. The highest BCUT2D eigenvalue weighted by atomic mass is 32.2. The molecule has 0 amide bonds. The Kier molecular flexibility index (Phi) is 5.38. The molecule has 0 aromatic carbocycles. The standard InChI is InChI=1S/C13H16N2O4S2/c1-8(6-19-2)5-15-12(18)9-3-4-20-11(9)14-13(15)21-7-10(16)17/h3-4,8H,5-7H2,1-2H3,(H,16,17). The minimum atomic E-state index is -0.933. The van der Waals surface area contributed by atoms with Crippen molar-refractivity contribution in [2.45, 2.75) is 18.6 Å². The van der Waals surface area contributed by atoms with Crippen LogP contribution < -0.4 is 5.56 Å². The molecule has 0 spiro atoms. The van der Waals surface area contributed by atoms with Crippen molar-refractivity contribution in [1.82, 2.24) is 9.55 Å². The number of methoxy groups -OCH3 is 1. The predicted molar refractivity (Wildman–Crippen MR) is 83.3 cm³/mol. The number of thioether (sulfide) groups is 1. The van der Waals surface area contributed by atoms with Crippen molar-refractivity contribution in [1.29, 1.82) is 0 Å². The van der Waals surface area contributed by atoms with Gasteiger partial charge >= 0.3 is 5.97 Å².